The van der Waals surface area contributed by atoms with Crippen LogP contribution in [-0.4, -0.2) is 91.3 Å². The first-order valence-corrected chi connectivity index (χ1v) is 6.57. The molecule has 0 saturated carbocycles. The summed E-state index contributed by atoms with van der Waals surface area (Å²) in [6, 6.07) is 0. The summed E-state index contributed by atoms with van der Waals surface area (Å²) in [7, 11) is 0. The van der Waals surface area contributed by atoms with E-state index in [0.29, 0.717) is 0 Å². The molecule has 0 atom stereocenters. The molecule has 0 amide bonds. The normalized spacial score (nSPS) is 12.3. The number of anilines is 2. The molecule has 22 heavy (non-hydrogen) atoms. The minimum Gasteiger partial charge on any atom is -0.394 e. The average Bonchev–Trinajstić information content (AvgIpc) is 2.59. The van der Waals surface area contributed by atoms with Crippen LogP contribution >= 0.6 is 0 Å². The number of aliphatic hydroxyl groups excluding tert-OH is 6. The van der Waals surface area contributed by atoms with E-state index in [9.17, 15) is 30.6 Å². The van der Waals surface area contributed by atoms with E-state index < -0.39 is 50.7 Å². The van der Waals surface area contributed by atoms with Gasteiger partial charge < -0.3 is 41.3 Å². The molecule has 126 valence electrons. The highest BCUT2D eigenvalue weighted by atomic mass is 16.3. The highest BCUT2D eigenvalue weighted by Crippen LogP contribution is 2.23. The van der Waals surface area contributed by atoms with Crippen molar-refractivity contribution in [1.29, 1.82) is 0 Å². The monoisotopic (exact) mass is 318 g/mol. The van der Waals surface area contributed by atoms with E-state index >= 15 is 0 Å². The van der Waals surface area contributed by atoms with Crippen LogP contribution in [0, 0.1) is 0 Å². The lowest BCUT2D eigenvalue weighted by molar-refractivity contribution is 0.0812. The van der Waals surface area contributed by atoms with Crippen molar-refractivity contribution in [3.63, 3.8) is 0 Å². The molecule has 0 aliphatic rings. The maximum atomic E-state index is 9.33. The van der Waals surface area contributed by atoms with Gasteiger partial charge in [0.15, 0.2) is 11.6 Å². The maximum absolute atomic E-state index is 9.33. The summed E-state index contributed by atoms with van der Waals surface area (Å²) in [6.45, 7) is -3.41. The predicted octanol–water partition coefficient (Wildman–Crippen LogP) is -3.27. The van der Waals surface area contributed by atoms with Crippen molar-refractivity contribution in [3.8, 4) is 0 Å². The van der Waals surface area contributed by atoms with Gasteiger partial charge in [0.1, 0.15) is 11.1 Å². The number of nitrogens with zero attached hydrogens (tertiary/aromatic N) is 2. The average molecular weight is 318 g/mol. The van der Waals surface area contributed by atoms with Gasteiger partial charge in [-0.1, -0.05) is 0 Å². The van der Waals surface area contributed by atoms with Crippen molar-refractivity contribution in [2.24, 2.45) is 0 Å². The molecule has 0 aliphatic heterocycles. The number of nitrogens with one attached hydrogen (secondary N) is 2. The molecular weight excluding hydrogens is 296 g/mol. The molecule has 0 aliphatic carbocycles. The van der Waals surface area contributed by atoms with E-state index in [1.54, 1.807) is 0 Å². The molecule has 8 N–H and O–H groups in total. The minimum atomic E-state index is -1.42. The molecule has 0 bridgehead atoms. The van der Waals surface area contributed by atoms with Crippen molar-refractivity contribution in [2.45, 2.75) is 11.1 Å². The quantitative estimate of drug-likeness (QED) is 0.219. The molecule has 0 fully saturated rings. The zero-order valence-electron chi connectivity index (χ0n) is 12.0. The van der Waals surface area contributed by atoms with Gasteiger partial charge in [0.25, 0.3) is 0 Å². The van der Waals surface area contributed by atoms with E-state index in [0.717, 1.165) is 0 Å². The smallest absolute Gasteiger partial charge is 0.169 e. The van der Waals surface area contributed by atoms with Crippen LogP contribution in [0.15, 0.2) is 12.4 Å². The van der Waals surface area contributed by atoms with Crippen LogP contribution < -0.4 is 10.6 Å². The van der Waals surface area contributed by atoms with Crippen molar-refractivity contribution in [1.82, 2.24) is 9.97 Å². The Bertz CT molecular complexity index is 395. The molecule has 10 nitrogen and oxygen atoms in total. The molecular formula is C12H22N4O6. The largest absolute Gasteiger partial charge is 0.394 e. The molecule has 1 heterocycles. The highest BCUT2D eigenvalue weighted by molar-refractivity contribution is 5.61. The Labute approximate surface area is 127 Å². The standard InChI is InChI=1S/C12H22N4O6/c17-3-11(4-18,5-19)15-9-10(14-2-1-13-9)16-12(6-20,7-21)8-22/h1-2,17-22H,3-8H2,(H,13,15)(H,14,16). The van der Waals surface area contributed by atoms with Crippen molar-refractivity contribution < 1.29 is 30.6 Å². The third kappa shape index (κ3) is 4.00. The van der Waals surface area contributed by atoms with Gasteiger partial charge in [-0.05, 0) is 0 Å². The predicted molar refractivity (Wildman–Crippen MR) is 77.3 cm³/mol. The van der Waals surface area contributed by atoms with E-state index in [1.165, 1.54) is 12.4 Å². The zero-order valence-corrected chi connectivity index (χ0v) is 12.0. The van der Waals surface area contributed by atoms with Crippen LogP contribution in [0.2, 0.25) is 0 Å². The van der Waals surface area contributed by atoms with Crippen LogP contribution in [0.1, 0.15) is 0 Å². The molecule has 1 aromatic heterocycles. The van der Waals surface area contributed by atoms with Gasteiger partial charge in [0.2, 0.25) is 0 Å². The molecule has 0 radical (unpaired) electrons. The molecule has 0 spiro atoms. The Morgan fingerprint density at radius 3 is 1.14 bits per heavy atom. The fourth-order valence-electron chi connectivity index (χ4n) is 1.56. The van der Waals surface area contributed by atoms with Gasteiger partial charge in [-0.15, -0.1) is 0 Å². The lowest BCUT2D eigenvalue weighted by Gasteiger charge is -2.33. The van der Waals surface area contributed by atoms with Crippen LogP contribution in [-0.2, 0) is 0 Å². The molecule has 1 rings (SSSR count). The Kier molecular flexibility index (Phi) is 6.87. The summed E-state index contributed by atoms with van der Waals surface area (Å²) in [5.41, 5.74) is -2.85. The molecule has 0 unspecified atom stereocenters. The number of hydrogen-bond donors (Lipinski definition) is 8. The van der Waals surface area contributed by atoms with Crippen LogP contribution in [0.5, 0.6) is 0 Å². The van der Waals surface area contributed by atoms with E-state index in [-0.39, 0.29) is 11.6 Å². The van der Waals surface area contributed by atoms with Crippen molar-refractivity contribution in [2.75, 3.05) is 50.3 Å². The molecule has 10 heteroatoms. The van der Waals surface area contributed by atoms with Crippen LogP contribution in [0.3, 0.4) is 0 Å². The van der Waals surface area contributed by atoms with Gasteiger partial charge in [-0.25, -0.2) is 9.97 Å². The van der Waals surface area contributed by atoms with Gasteiger partial charge in [0, 0.05) is 12.4 Å². The lowest BCUT2D eigenvalue weighted by Crippen LogP contribution is -2.51. The summed E-state index contributed by atoms with van der Waals surface area (Å²) in [5, 5.41) is 61.3. The summed E-state index contributed by atoms with van der Waals surface area (Å²) in [4.78, 5) is 7.96. The van der Waals surface area contributed by atoms with Gasteiger partial charge in [-0.3, -0.25) is 0 Å². The second-order valence-corrected chi connectivity index (χ2v) is 5.01. The van der Waals surface area contributed by atoms with Crippen LogP contribution in [0.25, 0.3) is 0 Å². The maximum Gasteiger partial charge on any atom is 0.169 e. The SMILES string of the molecule is OCC(CO)(CO)Nc1nccnc1NC(CO)(CO)CO. The first kappa shape index (κ1) is 18.5. The summed E-state index contributed by atoms with van der Waals surface area (Å²) < 4.78 is 0. The van der Waals surface area contributed by atoms with Gasteiger partial charge >= 0.3 is 0 Å². The highest BCUT2D eigenvalue weighted by Gasteiger charge is 2.32. The molecule has 1 aromatic rings. The Balaban J connectivity index is 3.09. The minimum absolute atomic E-state index is 0.0689. The van der Waals surface area contributed by atoms with E-state index in [4.69, 9.17) is 0 Å². The summed E-state index contributed by atoms with van der Waals surface area (Å²) in [6.07, 6.45) is 2.67. The van der Waals surface area contributed by atoms with E-state index in [2.05, 4.69) is 20.6 Å². The third-order valence-corrected chi connectivity index (χ3v) is 3.28. The fourth-order valence-corrected chi connectivity index (χ4v) is 1.56. The second-order valence-electron chi connectivity index (χ2n) is 5.01. The first-order chi connectivity index (χ1) is 10.5. The fraction of sp³-hybridized carbons (Fsp3) is 0.667. The van der Waals surface area contributed by atoms with Crippen molar-refractivity contribution in [3.05, 3.63) is 12.4 Å². The number of aliphatic hydroxyl groups is 6. The lowest BCUT2D eigenvalue weighted by atomic mass is 10.0. The number of rotatable bonds is 10. The van der Waals surface area contributed by atoms with Crippen molar-refractivity contribution >= 4 is 11.6 Å². The van der Waals surface area contributed by atoms with Crippen LogP contribution in [0.4, 0.5) is 11.6 Å². The van der Waals surface area contributed by atoms with Gasteiger partial charge in [0.05, 0.1) is 39.6 Å². The van der Waals surface area contributed by atoms with E-state index in [1.807, 2.05) is 0 Å². The zero-order chi connectivity index (χ0) is 16.6. The summed E-state index contributed by atoms with van der Waals surface area (Å²) in [5.74, 6) is 0.138. The Morgan fingerprint density at radius 2 is 0.909 bits per heavy atom. The van der Waals surface area contributed by atoms with Gasteiger partial charge in [-0.2, -0.15) is 0 Å². The Hall–Kier alpha value is -1.56. The Morgan fingerprint density at radius 1 is 0.636 bits per heavy atom. The molecule has 0 saturated heterocycles. The number of aromatic nitrogens is 2. The third-order valence-electron chi connectivity index (χ3n) is 3.28. The topological polar surface area (TPSA) is 171 Å². The second kappa shape index (κ2) is 8.17. The molecule has 0 aromatic carbocycles. The first-order valence-electron chi connectivity index (χ1n) is 6.57. The number of hydrogen-bond acceptors (Lipinski definition) is 10. The summed E-state index contributed by atoms with van der Waals surface area (Å²) >= 11 is 0.